The van der Waals surface area contributed by atoms with Gasteiger partial charge in [0.2, 0.25) is 15.9 Å². The van der Waals surface area contributed by atoms with Crippen LogP contribution in [-0.2, 0) is 19.6 Å². The summed E-state index contributed by atoms with van der Waals surface area (Å²) in [5.41, 5.74) is 0. The minimum atomic E-state index is -3.40. The monoisotopic (exact) mass is 265 g/mol. The number of unbranched alkanes of at least 4 members (excludes halogenated alkanes) is 5. The molecule has 1 amide bonds. The molecule has 0 aromatic carbocycles. The lowest BCUT2D eigenvalue weighted by Crippen LogP contribution is -2.30. The molecule has 0 bridgehead atoms. The Labute approximate surface area is 104 Å². The minimum absolute atomic E-state index is 0.0324. The van der Waals surface area contributed by atoms with E-state index >= 15 is 0 Å². The van der Waals surface area contributed by atoms with Gasteiger partial charge in [-0.3, -0.25) is 9.52 Å². The highest BCUT2D eigenvalue weighted by Gasteiger charge is 2.10. The predicted octanol–water partition coefficient (Wildman–Crippen LogP) is 1.44. The van der Waals surface area contributed by atoms with Gasteiger partial charge in [-0.25, -0.2) is 8.42 Å². The van der Waals surface area contributed by atoms with E-state index in [1.807, 2.05) is 4.72 Å². The topological polar surface area (TPSA) is 72.5 Å². The highest BCUT2D eigenvalue weighted by molar-refractivity contribution is 7.90. The van der Waals surface area contributed by atoms with Crippen LogP contribution in [0, 0.1) is 0 Å². The van der Waals surface area contributed by atoms with Crippen molar-refractivity contribution >= 4 is 15.9 Å². The molecule has 0 saturated carbocycles. The molecular formula is C11H23NO4S. The zero-order valence-electron chi connectivity index (χ0n) is 10.7. The Bertz CT molecular complexity index is 301. The van der Waals surface area contributed by atoms with Crippen molar-refractivity contribution in [3.8, 4) is 0 Å². The number of sulfonamides is 1. The van der Waals surface area contributed by atoms with Crippen LogP contribution in [0.4, 0.5) is 0 Å². The molecule has 0 rings (SSSR count). The molecule has 17 heavy (non-hydrogen) atoms. The Kier molecular flexibility index (Phi) is 9.07. The Morgan fingerprint density at radius 2 is 1.59 bits per heavy atom. The zero-order chi connectivity index (χ0) is 13.1. The van der Waals surface area contributed by atoms with Crippen molar-refractivity contribution in [3.05, 3.63) is 0 Å². The van der Waals surface area contributed by atoms with Crippen LogP contribution in [-0.4, -0.2) is 33.8 Å². The number of amides is 1. The van der Waals surface area contributed by atoms with Crippen LogP contribution < -0.4 is 4.72 Å². The van der Waals surface area contributed by atoms with Crippen molar-refractivity contribution in [2.45, 2.75) is 45.4 Å². The van der Waals surface area contributed by atoms with E-state index in [0.29, 0.717) is 6.42 Å². The van der Waals surface area contributed by atoms with Crippen molar-refractivity contribution in [1.29, 1.82) is 0 Å². The maximum Gasteiger partial charge on any atom is 0.234 e. The van der Waals surface area contributed by atoms with Gasteiger partial charge in [0.25, 0.3) is 0 Å². The maximum absolute atomic E-state index is 11.3. The van der Waals surface area contributed by atoms with E-state index < -0.39 is 15.9 Å². The third kappa shape index (κ3) is 11.6. The average molecular weight is 265 g/mol. The Hall–Kier alpha value is -0.620. The highest BCUT2D eigenvalue weighted by Crippen LogP contribution is 2.06. The highest BCUT2D eigenvalue weighted by atomic mass is 32.2. The van der Waals surface area contributed by atoms with Crippen LogP contribution in [0.1, 0.15) is 45.4 Å². The quantitative estimate of drug-likeness (QED) is 0.607. The van der Waals surface area contributed by atoms with E-state index in [9.17, 15) is 13.2 Å². The van der Waals surface area contributed by atoms with Crippen molar-refractivity contribution in [1.82, 2.24) is 4.72 Å². The number of hydrogen-bond acceptors (Lipinski definition) is 4. The molecule has 0 fully saturated rings. The Morgan fingerprint density at radius 3 is 2.12 bits per heavy atom. The Morgan fingerprint density at radius 1 is 1.06 bits per heavy atom. The summed E-state index contributed by atoms with van der Waals surface area (Å²) in [6.07, 6.45) is 5.79. The first kappa shape index (κ1) is 16.4. The van der Waals surface area contributed by atoms with Gasteiger partial charge in [-0.05, 0) is 12.8 Å². The third-order valence-corrected chi connectivity index (χ3v) is 3.74. The number of rotatable bonds is 10. The summed E-state index contributed by atoms with van der Waals surface area (Å²) in [4.78, 5) is 10.6. The number of hydrogen-bond donors (Lipinski definition) is 1. The fourth-order valence-electron chi connectivity index (χ4n) is 1.52. The fraction of sp³-hybridized carbons (Fsp3) is 0.909. The van der Waals surface area contributed by atoms with E-state index in [1.165, 1.54) is 6.92 Å². The first-order chi connectivity index (χ1) is 7.98. The van der Waals surface area contributed by atoms with E-state index in [0.717, 1.165) is 38.7 Å². The van der Waals surface area contributed by atoms with Gasteiger partial charge in [0.1, 0.15) is 0 Å². The third-order valence-electron chi connectivity index (χ3n) is 2.31. The van der Waals surface area contributed by atoms with E-state index in [-0.39, 0.29) is 5.75 Å². The number of ether oxygens (including phenoxy) is 1. The smallest absolute Gasteiger partial charge is 0.234 e. The van der Waals surface area contributed by atoms with E-state index in [4.69, 9.17) is 4.74 Å². The van der Waals surface area contributed by atoms with Gasteiger partial charge in [-0.15, -0.1) is 0 Å². The number of methoxy groups -OCH3 is 1. The normalized spacial score (nSPS) is 11.4. The molecule has 102 valence electrons. The lowest BCUT2D eigenvalue weighted by molar-refractivity contribution is -0.117. The van der Waals surface area contributed by atoms with Gasteiger partial charge in [0.05, 0.1) is 5.75 Å². The second-order valence-electron chi connectivity index (χ2n) is 4.09. The lowest BCUT2D eigenvalue weighted by atomic mass is 10.1. The van der Waals surface area contributed by atoms with Crippen LogP contribution in [0.5, 0.6) is 0 Å². The van der Waals surface area contributed by atoms with Crippen LogP contribution in [0.2, 0.25) is 0 Å². The summed E-state index contributed by atoms with van der Waals surface area (Å²) in [6, 6.07) is 0. The molecule has 0 unspecified atom stereocenters. The summed E-state index contributed by atoms with van der Waals surface area (Å²) in [5.74, 6) is -0.491. The first-order valence-electron chi connectivity index (χ1n) is 5.98. The maximum atomic E-state index is 11.3. The second kappa shape index (κ2) is 9.41. The molecule has 0 heterocycles. The fourth-order valence-corrected chi connectivity index (χ4v) is 2.64. The van der Waals surface area contributed by atoms with Crippen molar-refractivity contribution in [2.75, 3.05) is 19.5 Å². The summed E-state index contributed by atoms with van der Waals surface area (Å²) >= 11 is 0. The molecule has 0 aromatic heterocycles. The van der Waals surface area contributed by atoms with Gasteiger partial charge in [-0.2, -0.15) is 0 Å². The van der Waals surface area contributed by atoms with Crippen LogP contribution >= 0.6 is 0 Å². The average Bonchev–Trinajstić information content (AvgIpc) is 2.20. The van der Waals surface area contributed by atoms with Crippen molar-refractivity contribution in [2.24, 2.45) is 0 Å². The molecule has 6 heteroatoms. The van der Waals surface area contributed by atoms with Crippen molar-refractivity contribution in [3.63, 3.8) is 0 Å². The molecule has 0 atom stereocenters. The van der Waals surface area contributed by atoms with Gasteiger partial charge in [0, 0.05) is 20.6 Å². The van der Waals surface area contributed by atoms with Crippen LogP contribution in [0.15, 0.2) is 0 Å². The van der Waals surface area contributed by atoms with Crippen molar-refractivity contribution < 1.29 is 17.9 Å². The van der Waals surface area contributed by atoms with Crippen LogP contribution in [0.3, 0.4) is 0 Å². The molecule has 0 aromatic rings. The number of nitrogens with one attached hydrogen (secondary N) is 1. The standard InChI is InChI=1S/C11H23NO4S/c1-11(13)12-17(14,15)10-8-6-4-3-5-7-9-16-2/h3-10H2,1-2H3,(H,12,13). The van der Waals surface area contributed by atoms with Crippen LogP contribution in [0.25, 0.3) is 0 Å². The van der Waals surface area contributed by atoms with Gasteiger partial charge in [0.15, 0.2) is 0 Å². The minimum Gasteiger partial charge on any atom is -0.385 e. The SMILES string of the molecule is COCCCCCCCCS(=O)(=O)NC(C)=O. The second-order valence-corrected chi connectivity index (χ2v) is 5.93. The molecule has 0 spiro atoms. The van der Waals surface area contributed by atoms with Gasteiger partial charge in [-0.1, -0.05) is 25.7 Å². The molecule has 0 radical (unpaired) electrons. The molecule has 0 aliphatic rings. The predicted molar refractivity (Wildman–Crippen MR) is 67.2 cm³/mol. The summed E-state index contributed by atoms with van der Waals surface area (Å²) in [7, 11) is -1.71. The first-order valence-corrected chi connectivity index (χ1v) is 7.63. The largest absolute Gasteiger partial charge is 0.385 e. The van der Waals surface area contributed by atoms with E-state index in [1.54, 1.807) is 7.11 Å². The molecule has 0 aliphatic carbocycles. The summed E-state index contributed by atoms with van der Waals surface area (Å²) in [6.45, 7) is 1.99. The molecule has 5 nitrogen and oxygen atoms in total. The number of carbonyl (C=O) groups excluding carboxylic acids is 1. The van der Waals surface area contributed by atoms with Gasteiger partial charge >= 0.3 is 0 Å². The lowest BCUT2D eigenvalue weighted by Gasteiger charge is -2.04. The molecule has 1 N–H and O–H groups in total. The zero-order valence-corrected chi connectivity index (χ0v) is 11.5. The molecule has 0 saturated heterocycles. The summed E-state index contributed by atoms with van der Waals surface area (Å²) < 4.78 is 29.4. The molecule has 0 aliphatic heterocycles. The molecular weight excluding hydrogens is 242 g/mol. The summed E-state index contributed by atoms with van der Waals surface area (Å²) in [5, 5.41) is 0. The van der Waals surface area contributed by atoms with E-state index in [2.05, 4.69) is 0 Å². The Balaban J connectivity index is 3.42. The van der Waals surface area contributed by atoms with Gasteiger partial charge < -0.3 is 4.74 Å². The number of carbonyl (C=O) groups is 1.